The molecular formula is C95H119F2N17O22S. The summed E-state index contributed by atoms with van der Waals surface area (Å²) >= 11 is 0.679. The smallest absolute Gasteiger partial charge is 0.305 e. The number of benzene rings is 6. The molecule has 0 aliphatic carbocycles. The summed E-state index contributed by atoms with van der Waals surface area (Å²) in [6.07, 6.45) is -4.06. The van der Waals surface area contributed by atoms with Gasteiger partial charge in [-0.05, 0) is 114 Å². The summed E-state index contributed by atoms with van der Waals surface area (Å²) in [5.41, 5.74) is 21.1. The lowest BCUT2D eigenvalue weighted by Gasteiger charge is -2.37. The number of carboxylic acids is 1. The zero-order chi connectivity index (χ0) is 100. The van der Waals surface area contributed by atoms with Gasteiger partial charge >= 0.3 is 5.97 Å². The fourth-order valence-electron chi connectivity index (χ4n) is 16.2. The molecular weight excluding hydrogens is 1800 g/mol. The van der Waals surface area contributed by atoms with E-state index in [0.29, 0.717) is 51.2 Å². The molecule has 0 unspecified atom stereocenters. The Labute approximate surface area is 793 Å². The standard InChI is InChI=1S/C95H119F2N17O22S/c1-53(2)83(95(135)110(3)60(50-115)36-54-16-9-7-10-17-54)109-88(128)73(45-82(122)123)107-90(130)78-44-64(119)49-114(78)94(134)76(33-35-136-6)111(4)93(133)79(41-55-18-11-8-12-19-55)112(5)92(132)74(40-58-27-32-66(96)67(97)37-58)103-81(121)52-137-51-75(84(124)102-47-80(100)120)108-85(125)70(22-15-34-98)104-86(126)71(39-57-25-30-62(117)31-26-57)105-87(127)72(42-59-46-101-69-21-14-13-20-65(59)69)106-89(129)77-43-63(118)48-113(77)91(131)68(99)38-56-23-28-61(116)29-24-56/h7-14,16-21,23-32,37,46,50,53,60,63-64,68,70-79,83,101,116-119H,15,22,33-36,38-45,47-49,51-52,98-99H2,1-6H3,(H2,100,120)(H,102,124)(H,103,121)(H,104,126)(H,105,127)(H,106,129)(H,107,130)(H,108,125)(H,109,128)(H,122,123)/t60-,63+,64+,68+,70+,71+,72+,73+,74+,75+,76+,77-,78-,79+,83+/m1/s1. The molecule has 0 bridgehead atoms. The highest BCUT2D eigenvalue weighted by molar-refractivity contribution is 8.00. The first-order valence-corrected chi connectivity index (χ1v) is 45.7. The third kappa shape index (κ3) is 30.6. The number of phenolic OH excluding ortho intramolecular Hbond substituents is 2. The van der Waals surface area contributed by atoms with Crippen LogP contribution in [0.15, 0.2) is 158 Å². The van der Waals surface area contributed by atoms with E-state index in [1.165, 1.54) is 64.7 Å². The Morgan fingerprint density at radius 3 is 1.63 bits per heavy atom. The number of aldehydes is 1. The number of nitrogens with one attached hydrogen (secondary N) is 9. The topological polar surface area (TPSA) is 590 Å². The lowest BCUT2D eigenvalue weighted by Crippen LogP contribution is -2.61. The number of β-amino-alcohol motifs (C(OH)–C–C–N with tert-alkyl or cyclic N) is 2. The fraction of sp³-hybridized carbons (Fsp3) is 0.432. The predicted molar refractivity (Wildman–Crippen MR) is 497 cm³/mol. The number of aromatic nitrogens is 1. The number of likely N-dealkylation sites (tertiary alicyclic amines) is 2. The number of halogens is 2. The first-order valence-electron chi connectivity index (χ1n) is 44.5. The number of aromatic amines is 1. The minimum atomic E-state index is -1.91. The number of carbonyl (C=O) groups is 16. The van der Waals surface area contributed by atoms with Gasteiger partial charge in [-0.25, -0.2) is 8.78 Å². The second-order valence-corrected chi connectivity index (χ2v) is 35.3. The summed E-state index contributed by atoms with van der Waals surface area (Å²) in [5, 5.41) is 73.6. The summed E-state index contributed by atoms with van der Waals surface area (Å²) < 4.78 is 35.3. The van der Waals surface area contributed by atoms with Crippen LogP contribution in [-0.2, 0) is 120 Å². The maximum absolute atomic E-state index is 15.6. The van der Waals surface area contributed by atoms with Gasteiger partial charge < -0.3 is 124 Å². The molecule has 42 heteroatoms. The van der Waals surface area contributed by atoms with E-state index < -0.39 is 241 Å². The maximum Gasteiger partial charge on any atom is 0.305 e. The molecule has 15 atom stereocenters. The zero-order valence-corrected chi connectivity index (χ0v) is 77.4. The van der Waals surface area contributed by atoms with Crippen molar-refractivity contribution in [2.75, 3.05) is 72.5 Å². The Morgan fingerprint density at radius 2 is 1.06 bits per heavy atom. The Hall–Kier alpha value is -13.8. The van der Waals surface area contributed by atoms with Crippen molar-refractivity contribution in [3.8, 4) is 11.5 Å². The SMILES string of the molecule is COCC[C@@H](C(=O)N1C[C@@H](O)C[C@@H]1C(=O)N[C@@H](CC(=O)O)C(=O)N[C@H](C(=O)N(C)[C@@H](C=O)Cc1ccccc1)C(C)C)N(C)C(=O)[C@H](Cc1ccccc1)N(C)C(=O)[C@H](Cc1ccc(F)c(F)c1)NC(=O)CSC[C@H](NC(=O)[C@H](CCCN)NC(=O)[C@H](Cc1ccc(O)cc1)NC(=O)[C@H](Cc1c[nH]c2ccccc12)NC(=O)[C@H]1C[C@H](O)CN1C(=O)[C@@H](N)Cc1ccc(O)cc1)C(=O)NCC(N)=O. The fourth-order valence-corrected chi connectivity index (χ4v) is 17.1. The number of likely N-dealkylation sites (N-methyl/N-ethyl adjacent to an activating group) is 3. The Balaban J connectivity index is 0.929. The quantitative estimate of drug-likeness (QED) is 0.0207. The molecule has 2 aliphatic heterocycles. The van der Waals surface area contributed by atoms with Crippen LogP contribution in [0.25, 0.3) is 10.9 Å². The second kappa shape index (κ2) is 51.2. The van der Waals surface area contributed by atoms with E-state index in [1.54, 1.807) is 117 Å². The van der Waals surface area contributed by atoms with Crippen molar-refractivity contribution in [2.45, 2.75) is 182 Å². The van der Waals surface area contributed by atoms with E-state index in [9.17, 15) is 82.7 Å². The number of amides is 14. The summed E-state index contributed by atoms with van der Waals surface area (Å²) in [5.74, 6) is -19.8. The molecule has 2 aliphatic rings. The molecule has 137 heavy (non-hydrogen) atoms. The van der Waals surface area contributed by atoms with E-state index in [1.807, 2.05) is 0 Å². The van der Waals surface area contributed by atoms with Gasteiger partial charge in [0.05, 0.1) is 43.0 Å². The number of aromatic hydroxyl groups is 2. The van der Waals surface area contributed by atoms with E-state index in [0.717, 1.165) is 48.3 Å². The number of aliphatic hydroxyl groups excluding tert-OH is 2. The first kappa shape index (κ1) is 107. The Kier molecular flexibility index (Phi) is 40.0. The summed E-state index contributed by atoms with van der Waals surface area (Å²) in [6, 6.07) is 18.2. The highest BCUT2D eigenvalue weighted by Gasteiger charge is 2.48. The molecule has 736 valence electrons. The predicted octanol–water partition coefficient (Wildman–Crippen LogP) is -0.822. The van der Waals surface area contributed by atoms with Gasteiger partial charge in [-0.3, -0.25) is 71.9 Å². The number of hydrogen-bond donors (Lipinski definition) is 17. The van der Waals surface area contributed by atoms with Gasteiger partial charge in [0.1, 0.15) is 84.2 Å². The van der Waals surface area contributed by atoms with Crippen molar-refractivity contribution in [1.29, 1.82) is 0 Å². The molecule has 1 aromatic heterocycles. The maximum atomic E-state index is 15.6. The molecule has 20 N–H and O–H groups in total. The van der Waals surface area contributed by atoms with Crippen LogP contribution in [0.2, 0.25) is 0 Å². The van der Waals surface area contributed by atoms with Gasteiger partial charge in [0, 0.05) is 116 Å². The summed E-state index contributed by atoms with van der Waals surface area (Å²) in [7, 11) is 5.07. The number of phenols is 2. The number of fused-ring (bicyclic) bond motifs is 1. The molecule has 39 nitrogen and oxygen atoms in total. The van der Waals surface area contributed by atoms with Gasteiger partial charge in [0.2, 0.25) is 82.7 Å². The van der Waals surface area contributed by atoms with Crippen LogP contribution in [0.1, 0.15) is 85.8 Å². The highest BCUT2D eigenvalue weighted by Crippen LogP contribution is 2.28. The van der Waals surface area contributed by atoms with Crippen LogP contribution in [0, 0.1) is 17.6 Å². The van der Waals surface area contributed by atoms with Crippen LogP contribution in [0.5, 0.6) is 11.5 Å². The van der Waals surface area contributed by atoms with Crippen LogP contribution >= 0.6 is 11.8 Å². The van der Waals surface area contributed by atoms with E-state index in [4.69, 9.17) is 21.9 Å². The van der Waals surface area contributed by atoms with Crippen molar-refractivity contribution in [3.05, 3.63) is 203 Å². The molecule has 9 rings (SSSR count). The minimum Gasteiger partial charge on any atom is -0.508 e. The van der Waals surface area contributed by atoms with Crippen LogP contribution < -0.4 is 59.7 Å². The van der Waals surface area contributed by atoms with Crippen LogP contribution in [-0.4, -0.2) is 313 Å². The van der Waals surface area contributed by atoms with Crippen LogP contribution in [0.3, 0.4) is 0 Å². The number of H-pyrrole nitrogens is 1. The minimum absolute atomic E-state index is 0.0129. The third-order valence-corrected chi connectivity index (χ3v) is 24.8. The second-order valence-electron chi connectivity index (χ2n) is 34.3. The van der Waals surface area contributed by atoms with Crippen molar-refractivity contribution in [1.82, 2.24) is 72.0 Å². The number of carboxylic acid groups (broad SMARTS) is 1. The normalized spacial score (nSPS) is 17.0. The van der Waals surface area contributed by atoms with Gasteiger partial charge in [-0.15, -0.1) is 11.8 Å². The largest absolute Gasteiger partial charge is 0.508 e. The molecule has 2 fully saturated rings. The number of nitrogens with two attached hydrogens (primary N) is 3. The van der Waals surface area contributed by atoms with E-state index in [-0.39, 0.29) is 94.5 Å². The monoisotopic (exact) mass is 1920 g/mol. The average molecular weight is 1920 g/mol. The first-order chi connectivity index (χ1) is 65.3. The number of aliphatic carboxylic acids is 1. The van der Waals surface area contributed by atoms with Crippen molar-refractivity contribution >= 4 is 118 Å². The van der Waals surface area contributed by atoms with Gasteiger partial charge in [0.15, 0.2) is 11.6 Å². The Bertz CT molecular complexity index is 5400. The molecule has 7 aromatic rings. The lowest BCUT2D eigenvalue weighted by atomic mass is 9.99. The number of aliphatic hydroxyl groups is 2. The number of rotatable bonds is 50. The number of carbonyl (C=O) groups excluding carboxylic acids is 15. The number of ether oxygens (including phenoxy) is 1. The van der Waals surface area contributed by atoms with Crippen molar-refractivity contribution < 1.29 is 116 Å². The van der Waals surface area contributed by atoms with E-state index in [2.05, 4.69) is 47.5 Å². The number of para-hydroxylation sites is 1. The molecule has 14 amide bonds. The summed E-state index contributed by atoms with van der Waals surface area (Å²) in [4.78, 5) is 237. The van der Waals surface area contributed by atoms with Gasteiger partial charge in [-0.1, -0.05) is 123 Å². The van der Waals surface area contributed by atoms with E-state index >= 15 is 28.4 Å². The van der Waals surface area contributed by atoms with Gasteiger partial charge in [-0.2, -0.15) is 0 Å². The van der Waals surface area contributed by atoms with Crippen molar-refractivity contribution in [3.63, 3.8) is 0 Å². The Morgan fingerprint density at radius 1 is 0.547 bits per heavy atom. The number of hydrogen-bond acceptors (Lipinski definition) is 24. The lowest BCUT2D eigenvalue weighted by molar-refractivity contribution is -0.153. The third-order valence-electron chi connectivity index (χ3n) is 23.8. The highest BCUT2D eigenvalue weighted by atomic mass is 32.2. The molecule has 0 radical (unpaired) electrons. The number of thioether (sulfide) groups is 1. The van der Waals surface area contributed by atoms with Crippen molar-refractivity contribution in [2.24, 2.45) is 23.1 Å². The molecule has 6 aromatic carbocycles. The average Bonchev–Trinajstić information content (AvgIpc) is 1.75. The zero-order valence-electron chi connectivity index (χ0n) is 76.6. The number of primary amides is 1. The molecule has 3 heterocycles. The number of nitrogens with zero attached hydrogens (tertiary/aromatic N) is 5. The molecule has 0 saturated carbocycles. The van der Waals surface area contributed by atoms with Crippen LogP contribution in [0.4, 0.5) is 8.78 Å². The molecule has 0 spiro atoms. The number of methoxy groups -OCH3 is 1. The molecule has 2 saturated heterocycles. The van der Waals surface area contributed by atoms with Gasteiger partial charge in [0.25, 0.3) is 0 Å². The summed E-state index contributed by atoms with van der Waals surface area (Å²) in [6.45, 7) is 1.27.